The molecule has 0 spiro atoms. The van der Waals surface area contributed by atoms with Crippen LogP contribution in [0.2, 0.25) is 5.02 Å². The molecule has 0 aromatic heterocycles. The van der Waals surface area contributed by atoms with Crippen molar-refractivity contribution in [2.24, 2.45) is 21.4 Å². The third kappa shape index (κ3) is 4.86. The Kier molecular flexibility index (Phi) is 7.04. The number of rotatable bonds is 5. The molecular weight excluding hydrogens is 590 g/mol. The third-order valence-corrected chi connectivity index (χ3v) is 8.67. The summed E-state index contributed by atoms with van der Waals surface area (Å²) in [6.45, 7) is -0.351. The molecule has 3 amide bonds. The van der Waals surface area contributed by atoms with Crippen molar-refractivity contribution in [3.05, 3.63) is 106 Å². The summed E-state index contributed by atoms with van der Waals surface area (Å²) in [7, 11) is 0. The highest BCUT2D eigenvalue weighted by molar-refractivity contribution is 6.31. The molecule has 3 heterocycles. The van der Waals surface area contributed by atoms with Gasteiger partial charge in [0.15, 0.2) is 12.1 Å². The zero-order valence-corrected chi connectivity index (χ0v) is 23.9. The van der Waals surface area contributed by atoms with E-state index in [4.69, 9.17) is 16.7 Å². The van der Waals surface area contributed by atoms with E-state index in [1.807, 2.05) is 6.08 Å². The van der Waals surface area contributed by atoms with Crippen LogP contribution < -0.4 is 4.90 Å². The molecule has 7 rings (SSSR count). The summed E-state index contributed by atoms with van der Waals surface area (Å²) in [5, 5.41) is 16.0. The van der Waals surface area contributed by atoms with Crippen LogP contribution >= 0.6 is 11.6 Å². The van der Waals surface area contributed by atoms with E-state index in [1.165, 1.54) is 34.3 Å². The van der Waals surface area contributed by atoms with Gasteiger partial charge in [-0.1, -0.05) is 41.1 Å². The van der Waals surface area contributed by atoms with Crippen molar-refractivity contribution < 1.29 is 23.2 Å². The molecule has 1 aliphatic carbocycles. The molecule has 12 heteroatoms. The van der Waals surface area contributed by atoms with Crippen LogP contribution in [0, 0.1) is 17.6 Å². The van der Waals surface area contributed by atoms with Crippen LogP contribution in [0.5, 0.6) is 0 Å². The van der Waals surface area contributed by atoms with Gasteiger partial charge >= 0.3 is 0 Å². The van der Waals surface area contributed by atoms with E-state index in [-0.39, 0.29) is 18.3 Å². The Morgan fingerprint density at radius 2 is 1.59 bits per heavy atom. The van der Waals surface area contributed by atoms with E-state index in [9.17, 15) is 23.2 Å². The van der Waals surface area contributed by atoms with E-state index in [2.05, 4.69) is 10.3 Å². The van der Waals surface area contributed by atoms with Crippen molar-refractivity contribution in [1.82, 2.24) is 10.0 Å². The van der Waals surface area contributed by atoms with E-state index >= 15 is 0 Å². The van der Waals surface area contributed by atoms with Crippen LogP contribution in [-0.4, -0.2) is 52.1 Å². The first kappa shape index (κ1) is 28.0. The van der Waals surface area contributed by atoms with Gasteiger partial charge in [0, 0.05) is 10.9 Å². The number of anilines is 1. The van der Waals surface area contributed by atoms with Gasteiger partial charge in [-0.2, -0.15) is 10.2 Å². The second kappa shape index (κ2) is 11.1. The number of imide groups is 1. The van der Waals surface area contributed by atoms with Gasteiger partial charge in [0.1, 0.15) is 18.2 Å². The minimum atomic E-state index is -1.07. The quantitative estimate of drug-likeness (QED) is 0.343. The Labute approximate surface area is 256 Å². The second-order valence-electron chi connectivity index (χ2n) is 11.1. The first-order valence-corrected chi connectivity index (χ1v) is 14.6. The molecule has 2 fully saturated rings. The van der Waals surface area contributed by atoms with E-state index in [0.717, 1.165) is 41.0 Å². The molecule has 222 valence electrons. The van der Waals surface area contributed by atoms with Crippen molar-refractivity contribution in [1.29, 1.82) is 0 Å². The van der Waals surface area contributed by atoms with Gasteiger partial charge in [-0.15, -0.1) is 0 Å². The molecule has 0 unspecified atom stereocenters. The smallest absolute Gasteiger partial charge is 0.264 e. The fraction of sp³-hybridized carbons (Fsp3) is 0.250. The molecule has 0 radical (unpaired) electrons. The lowest BCUT2D eigenvalue weighted by Gasteiger charge is -2.30. The summed E-state index contributed by atoms with van der Waals surface area (Å²) in [5.74, 6) is -2.42. The molecule has 3 aromatic rings. The molecule has 0 bridgehead atoms. The summed E-state index contributed by atoms with van der Waals surface area (Å²) in [6, 6.07) is 15.8. The van der Waals surface area contributed by atoms with Crippen molar-refractivity contribution in [2.75, 3.05) is 11.4 Å². The highest BCUT2D eigenvalue weighted by Crippen LogP contribution is 2.45. The topological polar surface area (TPSA) is 98.0 Å². The fourth-order valence-electron chi connectivity index (χ4n) is 6.37. The maximum atomic E-state index is 14.0. The van der Waals surface area contributed by atoms with Gasteiger partial charge in [-0.25, -0.2) is 18.7 Å². The number of allylic oxidation sites excluding steroid dienone is 1. The average molecular weight is 615 g/mol. The number of fused-ring (bicyclic) bond motifs is 2. The minimum Gasteiger partial charge on any atom is -0.271 e. The normalized spacial score (nSPS) is 25.1. The second-order valence-corrected chi connectivity index (χ2v) is 11.6. The van der Waals surface area contributed by atoms with Crippen LogP contribution in [0.1, 0.15) is 36.4 Å². The lowest BCUT2D eigenvalue weighted by Crippen LogP contribution is -2.45. The molecule has 4 aliphatic rings. The average Bonchev–Trinajstić information content (AvgIpc) is 3.69. The molecular formula is C32H25ClF2N6O3. The number of carbonyl (C=O) groups is 3. The summed E-state index contributed by atoms with van der Waals surface area (Å²) >= 11 is 5.98. The number of carbonyl (C=O) groups excluding carboxylic acids is 3. The Morgan fingerprint density at radius 3 is 2.30 bits per heavy atom. The van der Waals surface area contributed by atoms with Crippen LogP contribution in [-0.2, 0) is 14.4 Å². The number of nitrogens with zero attached hydrogens (tertiary/aromatic N) is 6. The number of hydrogen-bond donors (Lipinski definition) is 0. The van der Waals surface area contributed by atoms with Crippen molar-refractivity contribution >= 4 is 46.8 Å². The molecule has 3 aromatic carbocycles. The Bertz CT molecular complexity index is 1740. The molecule has 9 nitrogen and oxygen atoms in total. The van der Waals surface area contributed by atoms with Gasteiger partial charge < -0.3 is 0 Å². The first-order chi connectivity index (χ1) is 21.3. The lowest BCUT2D eigenvalue weighted by atomic mass is 9.77. The first-order valence-electron chi connectivity index (χ1n) is 14.2. The molecule has 1 saturated carbocycles. The molecule has 4 atom stereocenters. The maximum Gasteiger partial charge on any atom is 0.264 e. The SMILES string of the molecule is O=C1[C@@H]2N=NN(CC(=O)N3N=C4/C(=C\c5ccc(F)cc5)CCC[C@@H]4[C@H]3c3ccc(F)cc3)[C@H]2C(=O)N1c1ccc(Cl)cc1. The number of hydrazone groups is 1. The van der Waals surface area contributed by atoms with Gasteiger partial charge in [0.05, 0.1) is 17.4 Å². The maximum absolute atomic E-state index is 14.0. The number of halogens is 3. The van der Waals surface area contributed by atoms with Crippen molar-refractivity contribution in [3.8, 4) is 0 Å². The van der Waals surface area contributed by atoms with E-state index in [1.54, 1.807) is 48.5 Å². The summed E-state index contributed by atoms with van der Waals surface area (Å²) < 4.78 is 27.4. The summed E-state index contributed by atoms with van der Waals surface area (Å²) in [4.78, 5) is 41.6. The highest BCUT2D eigenvalue weighted by atomic mass is 35.5. The number of benzene rings is 3. The van der Waals surface area contributed by atoms with Crippen LogP contribution in [0.4, 0.5) is 14.5 Å². The Balaban J connectivity index is 1.18. The van der Waals surface area contributed by atoms with Gasteiger partial charge in [-0.3, -0.25) is 19.4 Å². The predicted octanol–water partition coefficient (Wildman–Crippen LogP) is 5.73. The molecule has 0 N–H and O–H groups in total. The third-order valence-electron chi connectivity index (χ3n) is 8.42. The predicted molar refractivity (Wildman–Crippen MR) is 158 cm³/mol. The highest BCUT2D eigenvalue weighted by Gasteiger charge is 2.55. The molecule has 44 heavy (non-hydrogen) atoms. The van der Waals surface area contributed by atoms with E-state index in [0.29, 0.717) is 16.3 Å². The summed E-state index contributed by atoms with van der Waals surface area (Å²) in [5.41, 5.74) is 3.56. The fourth-order valence-corrected chi connectivity index (χ4v) is 6.50. The minimum absolute atomic E-state index is 0.159. The van der Waals surface area contributed by atoms with E-state index < -0.39 is 41.7 Å². The van der Waals surface area contributed by atoms with Crippen LogP contribution in [0.3, 0.4) is 0 Å². The van der Waals surface area contributed by atoms with Crippen LogP contribution in [0.25, 0.3) is 6.08 Å². The van der Waals surface area contributed by atoms with Crippen molar-refractivity contribution in [2.45, 2.75) is 37.4 Å². The number of amides is 3. The Morgan fingerprint density at radius 1 is 0.909 bits per heavy atom. The van der Waals surface area contributed by atoms with Gasteiger partial charge in [0.2, 0.25) is 0 Å². The van der Waals surface area contributed by atoms with Gasteiger partial charge in [0.25, 0.3) is 17.7 Å². The zero-order chi connectivity index (χ0) is 30.5. The lowest BCUT2D eigenvalue weighted by molar-refractivity contribution is -0.136. The standard InChI is InChI=1S/C32H25ClF2N6O3/c33-21-8-14-24(15-9-21)40-31(43)28-30(32(40)44)39(38-36-28)17-26(42)41-29(19-6-12-23(35)13-7-19)25-3-1-2-20(27(25)37-41)16-18-4-10-22(34)11-5-18/h4-16,25,28-30H,1-3,17H2/b20-16-/t25-,28+,29+,30+/m0/s1. The Hall–Kier alpha value is -4.77. The van der Waals surface area contributed by atoms with Gasteiger partial charge in [-0.05, 0) is 90.6 Å². The molecule has 1 saturated heterocycles. The van der Waals surface area contributed by atoms with Crippen molar-refractivity contribution in [3.63, 3.8) is 0 Å². The molecule has 3 aliphatic heterocycles. The summed E-state index contributed by atoms with van der Waals surface area (Å²) in [6.07, 6.45) is 4.28. The monoisotopic (exact) mass is 614 g/mol. The zero-order valence-electron chi connectivity index (χ0n) is 23.2. The largest absolute Gasteiger partial charge is 0.271 e. The number of hydrogen-bond acceptors (Lipinski definition) is 7. The van der Waals surface area contributed by atoms with Crippen LogP contribution in [0.15, 0.2) is 93.8 Å².